The minimum Gasteiger partial charge on any atom is -0.345 e. The monoisotopic (exact) mass is 297 g/mol. The number of benzene rings is 2. The molecule has 1 N–H and O–H groups in total. The van der Waals surface area contributed by atoms with Gasteiger partial charge in [0.25, 0.3) is 5.91 Å². The number of amides is 1. The fraction of sp³-hybridized carbons (Fsp3) is 0.278. The van der Waals surface area contributed by atoms with E-state index in [-0.39, 0.29) is 11.9 Å². The molecular formula is C18H19NOS. The summed E-state index contributed by atoms with van der Waals surface area (Å²) in [6.07, 6.45) is 4.40. The summed E-state index contributed by atoms with van der Waals surface area (Å²) in [6, 6.07) is 18.2. The van der Waals surface area contributed by atoms with E-state index in [1.165, 1.54) is 18.4 Å². The number of hydrogen-bond acceptors (Lipinski definition) is 2. The Kier molecular flexibility index (Phi) is 4.30. The molecule has 108 valence electrons. The van der Waals surface area contributed by atoms with Gasteiger partial charge in [0.2, 0.25) is 0 Å². The second-order valence-corrected chi connectivity index (χ2v) is 6.25. The van der Waals surface area contributed by atoms with Crippen LogP contribution in [0.5, 0.6) is 0 Å². The number of thioether (sulfide) groups is 1. The van der Waals surface area contributed by atoms with E-state index in [1.807, 2.05) is 48.7 Å². The Labute approximate surface area is 130 Å². The van der Waals surface area contributed by atoms with Gasteiger partial charge in [0.15, 0.2) is 0 Å². The van der Waals surface area contributed by atoms with Crippen LogP contribution in [0.4, 0.5) is 0 Å². The molecule has 1 atom stereocenters. The smallest absolute Gasteiger partial charge is 0.252 e. The van der Waals surface area contributed by atoms with Crippen molar-refractivity contribution in [1.29, 1.82) is 0 Å². The maximum atomic E-state index is 12.6. The summed E-state index contributed by atoms with van der Waals surface area (Å²) in [4.78, 5) is 13.6. The first kappa shape index (κ1) is 14.2. The van der Waals surface area contributed by atoms with Crippen molar-refractivity contribution in [1.82, 2.24) is 5.32 Å². The van der Waals surface area contributed by atoms with E-state index in [2.05, 4.69) is 17.4 Å². The zero-order chi connectivity index (χ0) is 14.7. The Morgan fingerprint density at radius 1 is 1.10 bits per heavy atom. The number of rotatable bonds is 5. The molecule has 1 aliphatic rings. The van der Waals surface area contributed by atoms with Gasteiger partial charge in [-0.1, -0.05) is 42.5 Å². The molecule has 0 saturated heterocycles. The van der Waals surface area contributed by atoms with Gasteiger partial charge in [-0.05, 0) is 42.7 Å². The molecule has 1 unspecified atom stereocenters. The summed E-state index contributed by atoms with van der Waals surface area (Å²) in [5.41, 5.74) is 1.97. The molecular weight excluding hydrogens is 278 g/mol. The third-order valence-electron chi connectivity index (χ3n) is 3.89. The molecule has 21 heavy (non-hydrogen) atoms. The second kappa shape index (κ2) is 6.35. The van der Waals surface area contributed by atoms with Crippen LogP contribution in [0.2, 0.25) is 0 Å². The Hall–Kier alpha value is -1.74. The fourth-order valence-electron chi connectivity index (χ4n) is 2.61. The first-order chi connectivity index (χ1) is 10.3. The normalized spacial score (nSPS) is 15.5. The summed E-state index contributed by atoms with van der Waals surface area (Å²) in [6.45, 7) is 0. The van der Waals surface area contributed by atoms with E-state index in [4.69, 9.17) is 0 Å². The molecule has 2 aromatic carbocycles. The summed E-state index contributed by atoms with van der Waals surface area (Å²) >= 11 is 1.61. The van der Waals surface area contributed by atoms with Crippen molar-refractivity contribution >= 4 is 17.7 Å². The van der Waals surface area contributed by atoms with E-state index < -0.39 is 0 Å². The van der Waals surface area contributed by atoms with E-state index in [1.54, 1.807) is 11.8 Å². The minimum atomic E-state index is 0.0284. The quantitative estimate of drug-likeness (QED) is 0.834. The van der Waals surface area contributed by atoms with Crippen molar-refractivity contribution in [2.24, 2.45) is 5.92 Å². The number of nitrogens with one attached hydrogen (secondary N) is 1. The molecule has 3 heteroatoms. The molecule has 1 amide bonds. The SMILES string of the molecule is CSc1ccccc1C(=O)NC(c1ccccc1)C1CC1. The maximum Gasteiger partial charge on any atom is 0.252 e. The zero-order valence-corrected chi connectivity index (χ0v) is 12.9. The molecule has 0 spiro atoms. The van der Waals surface area contributed by atoms with E-state index >= 15 is 0 Å². The van der Waals surface area contributed by atoms with Gasteiger partial charge in [0.1, 0.15) is 0 Å². The Bertz CT molecular complexity index is 622. The summed E-state index contributed by atoms with van der Waals surface area (Å²) in [5.74, 6) is 0.610. The van der Waals surface area contributed by atoms with E-state index in [0.29, 0.717) is 5.92 Å². The van der Waals surface area contributed by atoms with Gasteiger partial charge >= 0.3 is 0 Å². The molecule has 2 aromatic rings. The molecule has 0 aromatic heterocycles. The van der Waals surface area contributed by atoms with Crippen LogP contribution in [0, 0.1) is 5.92 Å². The van der Waals surface area contributed by atoms with E-state index in [0.717, 1.165) is 10.5 Å². The van der Waals surface area contributed by atoms with Crippen molar-refractivity contribution in [3.63, 3.8) is 0 Å². The highest BCUT2D eigenvalue weighted by molar-refractivity contribution is 7.98. The second-order valence-electron chi connectivity index (χ2n) is 5.40. The standard InChI is InChI=1S/C18H19NOS/c1-21-16-10-6-5-9-15(16)18(20)19-17(14-11-12-14)13-7-3-2-4-8-13/h2-10,14,17H,11-12H2,1H3,(H,19,20). The van der Waals surface area contributed by atoms with Crippen molar-refractivity contribution in [2.45, 2.75) is 23.8 Å². The predicted octanol–water partition coefficient (Wildman–Crippen LogP) is 4.29. The number of carbonyl (C=O) groups excluding carboxylic acids is 1. The summed E-state index contributed by atoms with van der Waals surface area (Å²) in [5, 5.41) is 3.23. The van der Waals surface area contributed by atoms with Crippen LogP contribution >= 0.6 is 11.8 Å². The predicted molar refractivity (Wildman–Crippen MR) is 87.6 cm³/mol. The topological polar surface area (TPSA) is 29.1 Å². The third-order valence-corrected chi connectivity index (χ3v) is 4.69. The molecule has 1 fully saturated rings. The molecule has 0 aliphatic heterocycles. The van der Waals surface area contributed by atoms with Crippen LogP contribution in [-0.2, 0) is 0 Å². The lowest BCUT2D eigenvalue weighted by Gasteiger charge is -2.19. The molecule has 1 saturated carbocycles. The highest BCUT2D eigenvalue weighted by Crippen LogP contribution is 2.41. The van der Waals surface area contributed by atoms with Crippen LogP contribution in [0.3, 0.4) is 0 Å². The lowest BCUT2D eigenvalue weighted by Crippen LogP contribution is -2.30. The van der Waals surface area contributed by atoms with Crippen LogP contribution in [-0.4, -0.2) is 12.2 Å². The lowest BCUT2D eigenvalue weighted by atomic mass is 10.0. The van der Waals surface area contributed by atoms with Crippen LogP contribution in [0.25, 0.3) is 0 Å². The highest BCUT2D eigenvalue weighted by atomic mass is 32.2. The average Bonchev–Trinajstić information content (AvgIpc) is 3.38. The first-order valence-corrected chi connectivity index (χ1v) is 8.51. The van der Waals surface area contributed by atoms with Crippen LogP contribution in [0.1, 0.15) is 34.8 Å². The van der Waals surface area contributed by atoms with Gasteiger partial charge in [0.05, 0.1) is 11.6 Å². The van der Waals surface area contributed by atoms with Crippen molar-refractivity contribution in [3.8, 4) is 0 Å². The van der Waals surface area contributed by atoms with Crippen molar-refractivity contribution in [2.75, 3.05) is 6.26 Å². The Balaban J connectivity index is 1.82. The fourth-order valence-corrected chi connectivity index (χ4v) is 3.21. The Morgan fingerprint density at radius 3 is 2.43 bits per heavy atom. The van der Waals surface area contributed by atoms with E-state index in [9.17, 15) is 4.79 Å². The average molecular weight is 297 g/mol. The molecule has 1 aliphatic carbocycles. The van der Waals surface area contributed by atoms with Gasteiger partial charge in [-0.15, -0.1) is 11.8 Å². The largest absolute Gasteiger partial charge is 0.345 e. The lowest BCUT2D eigenvalue weighted by molar-refractivity contribution is 0.0928. The third kappa shape index (κ3) is 3.30. The highest BCUT2D eigenvalue weighted by Gasteiger charge is 2.33. The van der Waals surface area contributed by atoms with Gasteiger partial charge < -0.3 is 5.32 Å². The summed E-state index contributed by atoms with van der Waals surface area (Å²) in [7, 11) is 0. The van der Waals surface area contributed by atoms with Crippen molar-refractivity contribution < 1.29 is 4.79 Å². The molecule has 2 nitrogen and oxygen atoms in total. The van der Waals surface area contributed by atoms with Gasteiger partial charge in [-0.3, -0.25) is 4.79 Å². The molecule has 0 bridgehead atoms. The van der Waals surface area contributed by atoms with Crippen molar-refractivity contribution in [3.05, 3.63) is 65.7 Å². The Morgan fingerprint density at radius 2 is 1.76 bits per heavy atom. The maximum absolute atomic E-state index is 12.6. The summed E-state index contributed by atoms with van der Waals surface area (Å²) < 4.78 is 0. The zero-order valence-electron chi connectivity index (χ0n) is 12.1. The van der Waals surface area contributed by atoms with Crippen LogP contribution in [0.15, 0.2) is 59.5 Å². The molecule has 3 rings (SSSR count). The first-order valence-electron chi connectivity index (χ1n) is 7.28. The number of hydrogen-bond donors (Lipinski definition) is 1. The minimum absolute atomic E-state index is 0.0284. The van der Waals surface area contributed by atoms with Gasteiger partial charge in [0, 0.05) is 4.90 Å². The molecule has 0 heterocycles. The van der Waals surface area contributed by atoms with Gasteiger partial charge in [-0.25, -0.2) is 0 Å². The van der Waals surface area contributed by atoms with Gasteiger partial charge in [-0.2, -0.15) is 0 Å². The number of carbonyl (C=O) groups is 1. The van der Waals surface area contributed by atoms with Crippen LogP contribution < -0.4 is 5.32 Å². The molecule has 0 radical (unpaired) electrons.